The molecule has 3 rings (SSSR count). The number of fused-ring (bicyclic) bond motifs is 1. The maximum absolute atomic E-state index is 12.5. The lowest BCUT2D eigenvalue weighted by Gasteiger charge is -2.30. The third-order valence-electron chi connectivity index (χ3n) is 4.40. The summed E-state index contributed by atoms with van der Waals surface area (Å²) in [5.74, 6) is 0.337. The van der Waals surface area contributed by atoms with Gasteiger partial charge in [0.2, 0.25) is 0 Å². The second kappa shape index (κ2) is 7.16. The minimum atomic E-state index is -0.239. The van der Waals surface area contributed by atoms with Crippen molar-refractivity contribution in [2.24, 2.45) is 5.92 Å². The van der Waals surface area contributed by atoms with Crippen molar-refractivity contribution in [3.63, 3.8) is 0 Å². The molecule has 2 atom stereocenters. The fraction of sp³-hybridized carbons (Fsp3) is 0.412. The third kappa shape index (κ3) is 3.67. The summed E-state index contributed by atoms with van der Waals surface area (Å²) >= 11 is 13.0. The Morgan fingerprint density at radius 3 is 2.78 bits per heavy atom. The van der Waals surface area contributed by atoms with Crippen LogP contribution in [-0.2, 0) is 0 Å². The zero-order valence-corrected chi connectivity index (χ0v) is 15.3. The first-order valence-corrected chi connectivity index (χ1v) is 9.45. The van der Waals surface area contributed by atoms with Crippen molar-refractivity contribution in [3.8, 4) is 0 Å². The number of halogens is 1. The molecule has 0 bridgehead atoms. The van der Waals surface area contributed by atoms with Gasteiger partial charge in [-0.1, -0.05) is 49.6 Å². The smallest absolute Gasteiger partial charge is 0.269 e. The SMILES string of the molecule is C[C@H]1CCCC[C@@H]1NC(=S)NC(=O)c1sc2ccccc2c1Cl. The summed E-state index contributed by atoms with van der Waals surface area (Å²) in [5.41, 5.74) is 0. The maximum Gasteiger partial charge on any atom is 0.269 e. The van der Waals surface area contributed by atoms with E-state index in [-0.39, 0.29) is 5.91 Å². The van der Waals surface area contributed by atoms with E-state index in [1.807, 2.05) is 24.3 Å². The zero-order chi connectivity index (χ0) is 16.4. The van der Waals surface area contributed by atoms with E-state index in [4.69, 9.17) is 23.8 Å². The van der Waals surface area contributed by atoms with E-state index in [9.17, 15) is 4.79 Å². The van der Waals surface area contributed by atoms with E-state index in [0.717, 1.165) is 16.5 Å². The van der Waals surface area contributed by atoms with Gasteiger partial charge in [-0.25, -0.2) is 0 Å². The fourth-order valence-corrected chi connectivity index (χ4v) is 4.71. The summed E-state index contributed by atoms with van der Waals surface area (Å²) < 4.78 is 1.00. The van der Waals surface area contributed by atoms with Gasteiger partial charge in [0.05, 0.1) is 5.02 Å². The van der Waals surface area contributed by atoms with Gasteiger partial charge in [-0.3, -0.25) is 10.1 Å². The lowest BCUT2D eigenvalue weighted by atomic mass is 9.86. The molecule has 1 fully saturated rings. The Hall–Kier alpha value is -1.17. The van der Waals surface area contributed by atoms with Crippen molar-refractivity contribution in [3.05, 3.63) is 34.2 Å². The second-order valence-electron chi connectivity index (χ2n) is 6.04. The van der Waals surface area contributed by atoms with Gasteiger partial charge in [-0.05, 0) is 37.0 Å². The Kier molecular flexibility index (Phi) is 5.19. The minimum absolute atomic E-state index is 0.239. The highest BCUT2D eigenvalue weighted by molar-refractivity contribution is 7.80. The molecule has 1 aliphatic rings. The van der Waals surface area contributed by atoms with E-state index in [0.29, 0.717) is 27.0 Å². The molecular formula is C17H19ClN2OS2. The average Bonchev–Trinajstić information content (AvgIpc) is 2.87. The molecule has 6 heteroatoms. The van der Waals surface area contributed by atoms with Gasteiger partial charge >= 0.3 is 0 Å². The molecule has 1 saturated carbocycles. The summed E-state index contributed by atoms with van der Waals surface area (Å²) in [6, 6.07) is 8.08. The van der Waals surface area contributed by atoms with Crippen LogP contribution in [0.5, 0.6) is 0 Å². The molecule has 0 spiro atoms. The van der Waals surface area contributed by atoms with Crippen LogP contribution in [0.4, 0.5) is 0 Å². The number of hydrogen-bond donors (Lipinski definition) is 2. The van der Waals surface area contributed by atoms with Crippen LogP contribution in [0.2, 0.25) is 5.02 Å². The molecule has 23 heavy (non-hydrogen) atoms. The predicted octanol–water partition coefficient (Wildman–Crippen LogP) is 4.74. The summed E-state index contributed by atoms with van der Waals surface area (Å²) in [6.45, 7) is 2.23. The van der Waals surface area contributed by atoms with Crippen LogP contribution in [0.1, 0.15) is 42.3 Å². The number of carbonyl (C=O) groups excluding carboxylic acids is 1. The summed E-state index contributed by atoms with van der Waals surface area (Å²) in [6.07, 6.45) is 4.79. The standard InChI is InChI=1S/C17H19ClN2OS2/c1-10-6-2-4-8-12(10)19-17(22)20-16(21)15-14(18)11-7-3-5-9-13(11)23-15/h3,5,7,9-10,12H,2,4,6,8H2,1H3,(H2,19,20,21,22)/t10-,12-/m0/s1. The van der Waals surface area contributed by atoms with Gasteiger partial charge in [-0.15, -0.1) is 11.3 Å². The predicted molar refractivity (Wildman–Crippen MR) is 101 cm³/mol. The fourth-order valence-electron chi connectivity index (χ4n) is 3.06. The number of carbonyl (C=O) groups is 1. The molecular weight excluding hydrogens is 348 g/mol. The number of rotatable bonds is 2. The number of thiophene rings is 1. The Morgan fingerprint density at radius 2 is 2.04 bits per heavy atom. The van der Waals surface area contributed by atoms with Gasteiger partial charge in [0.1, 0.15) is 4.88 Å². The zero-order valence-electron chi connectivity index (χ0n) is 12.9. The molecule has 0 aliphatic heterocycles. The molecule has 1 aromatic heterocycles. The van der Waals surface area contributed by atoms with Crippen LogP contribution in [0, 0.1) is 5.92 Å². The van der Waals surface area contributed by atoms with Gasteiger partial charge in [0, 0.05) is 16.1 Å². The molecule has 1 aliphatic carbocycles. The van der Waals surface area contributed by atoms with E-state index in [1.54, 1.807) is 0 Å². The van der Waals surface area contributed by atoms with Crippen LogP contribution < -0.4 is 10.6 Å². The first-order valence-electron chi connectivity index (χ1n) is 7.85. The van der Waals surface area contributed by atoms with E-state index in [1.165, 1.54) is 30.6 Å². The number of thiocarbonyl (C=S) groups is 1. The van der Waals surface area contributed by atoms with Crippen molar-refractivity contribution < 1.29 is 4.79 Å². The van der Waals surface area contributed by atoms with Crippen LogP contribution in [-0.4, -0.2) is 17.1 Å². The monoisotopic (exact) mass is 366 g/mol. The van der Waals surface area contributed by atoms with E-state index < -0.39 is 0 Å². The summed E-state index contributed by atoms with van der Waals surface area (Å²) in [7, 11) is 0. The molecule has 0 radical (unpaired) electrons. The Morgan fingerprint density at radius 1 is 1.30 bits per heavy atom. The molecule has 3 nitrogen and oxygen atoms in total. The lowest BCUT2D eigenvalue weighted by molar-refractivity contribution is 0.0980. The minimum Gasteiger partial charge on any atom is -0.359 e. The average molecular weight is 367 g/mol. The number of amides is 1. The molecule has 122 valence electrons. The van der Waals surface area contributed by atoms with E-state index in [2.05, 4.69) is 17.6 Å². The Labute approximate surface area is 150 Å². The first-order chi connectivity index (χ1) is 11.1. The quantitative estimate of drug-likeness (QED) is 0.754. The van der Waals surface area contributed by atoms with Gasteiger partial charge in [0.25, 0.3) is 5.91 Å². The van der Waals surface area contributed by atoms with Gasteiger partial charge < -0.3 is 5.32 Å². The summed E-state index contributed by atoms with van der Waals surface area (Å²) in [5, 5.41) is 7.85. The largest absolute Gasteiger partial charge is 0.359 e. The van der Waals surface area contributed by atoms with Crippen LogP contribution in [0.15, 0.2) is 24.3 Å². The maximum atomic E-state index is 12.5. The topological polar surface area (TPSA) is 41.1 Å². The van der Waals surface area contributed by atoms with Crippen molar-refractivity contribution in [2.45, 2.75) is 38.6 Å². The number of hydrogen-bond acceptors (Lipinski definition) is 3. The molecule has 1 aromatic carbocycles. The van der Waals surface area contributed by atoms with Crippen molar-refractivity contribution >= 4 is 56.3 Å². The molecule has 1 heterocycles. The van der Waals surface area contributed by atoms with Crippen molar-refractivity contribution in [1.29, 1.82) is 0 Å². The number of benzene rings is 1. The normalized spacial score (nSPS) is 21.1. The van der Waals surface area contributed by atoms with Crippen LogP contribution in [0.25, 0.3) is 10.1 Å². The highest BCUT2D eigenvalue weighted by Crippen LogP contribution is 2.35. The Bertz CT molecular complexity index is 743. The lowest BCUT2D eigenvalue weighted by Crippen LogP contribution is -2.47. The highest BCUT2D eigenvalue weighted by atomic mass is 35.5. The second-order valence-corrected chi connectivity index (χ2v) is 7.88. The van der Waals surface area contributed by atoms with Crippen molar-refractivity contribution in [2.75, 3.05) is 0 Å². The summed E-state index contributed by atoms with van der Waals surface area (Å²) in [4.78, 5) is 13.0. The first kappa shape index (κ1) is 16.7. The van der Waals surface area contributed by atoms with Crippen LogP contribution >= 0.6 is 35.2 Å². The van der Waals surface area contributed by atoms with Gasteiger partial charge in [0.15, 0.2) is 5.11 Å². The van der Waals surface area contributed by atoms with Crippen LogP contribution in [0.3, 0.4) is 0 Å². The Balaban J connectivity index is 1.68. The van der Waals surface area contributed by atoms with Gasteiger partial charge in [-0.2, -0.15) is 0 Å². The molecule has 1 amide bonds. The number of nitrogens with one attached hydrogen (secondary N) is 2. The molecule has 2 N–H and O–H groups in total. The molecule has 0 saturated heterocycles. The molecule has 0 unspecified atom stereocenters. The third-order valence-corrected chi connectivity index (χ3v) is 6.29. The highest BCUT2D eigenvalue weighted by Gasteiger charge is 2.23. The molecule has 2 aromatic rings. The van der Waals surface area contributed by atoms with Crippen molar-refractivity contribution in [1.82, 2.24) is 10.6 Å². The van der Waals surface area contributed by atoms with E-state index >= 15 is 0 Å².